The Labute approximate surface area is 103 Å². The Kier molecular flexibility index (Phi) is 5.70. The molecule has 1 aromatic rings. The monoisotopic (exact) mass is 235 g/mol. The van der Waals surface area contributed by atoms with Crippen LogP contribution in [0.25, 0.3) is 0 Å². The molecule has 1 rings (SSSR count). The molecule has 0 saturated heterocycles. The minimum absolute atomic E-state index is 0.264. The second-order valence-electron chi connectivity index (χ2n) is 4.44. The van der Waals surface area contributed by atoms with Crippen molar-refractivity contribution in [1.29, 1.82) is 0 Å². The number of carboxylic acids is 1. The Morgan fingerprint density at radius 1 is 1.29 bits per heavy atom. The molecule has 0 saturated carbocycles. The van der Waals surface area contributed by atoms with Gasteiger partial charge in [-0.25, -0.2) is 0 Å². The Bertz CT molecular complexity index is 346. The lowest BCUT2D eigenvalue weighted by Gasteiger charge is -2.14. The highest BCUT2D eigenvalue weighted by Gasteiger charge is 2.03. The molecule has 2 N–H and O–H groups in total. The predicted octanol–water partition coefficient (Wildman–Crippen LogP) is 2.90. The van der Waals surface area contributed by atoms with Gasteiger partial charge >= 0.3 is 5.97 Å². The van der Waals surface area contributed by atoms with E-state index in [1.807, 2.05) is 0 Å². The normalized spacial score (nSPS) is 12.4. The molecule has 1 aromatic carbocycles. The number of benzene rings is 1. The summed E-state index contributed by atoms with van der Waals surface area (Å²) in [7, 11) is 0. The smallest absolute Gasteiger partial charge is 0.303 e. The molecule has 17 heavy (non-hydrogen) atoms. The van der Waals surface area contributed by atoms with Crippen LogP contribution in [-0.4, -0.2) is 17.6 Å². The molecule has 3 heteroatoms. The summed E-state index contributed by atoms with van der Waals surface area (Å²) in [4.78, 5) is 10.3. The van der Waals surface area contributed by atoms with Gasteiger partial charge in [-0.2, -0.15) is 0 Å². The zero-order valence-electron chi connectivity index (χ0n) is 10.6. The molecule has 1 atom stereocenters. The van der Waals surface area contributed by atoms with Crippen LogP contribution in [0.3, 0.4) is 0 Å². The maximum absolute atomic E-state index is 10.3. The summed E-state index contributed by atoms with van der Waals surface area (Å²) in [5.41, 5.74) is 2.54. The first-order valence-electron chi connectivity index (χ1n) is 6.11. The van der Waals surface area contributed by atoms with Gasteiger partial charge in [-0.05, 0) is 38.8 Å². The lowest BCUT2D eigenvalue weighted by Crippen LogP contribution is -2.19. The second kappa shape index (κ2) is 7.07. The van der Waals surface area contributed by atoms with Crippen LogP contribution in [0.4, 0.5) is 0 Å². The Morgan fingerprint density at radius 3 is 2.53 bits per heavy atom. The molecule has 3 nitrogen and oxygen atoms in total. The third kappa shape index (κ3) is 5.50. The van der Waals surface area contributed by atoms with Gasteiger partial charge in [0.2, 0.25) is 0 Å². The number of aryl methyl sites for hydroxylation is 1. The maximum atomic E-state index is 10.3. The Hall–Kier alpha value is -1.35. The number of rotatable bonds is 7. The van der Waals surface area contributed by atoms with E-state index < -0.39 is 5.97 Å². The summed E-state index contributed by atoms with van der Waals surface area (Å²) < 4.78 is 0. The molecule has 0 aromatic heterocycles. The van der Waals surface area contributed by atoms with Gasteiger partial charge in [-0.1, -0.05) is 29.8 Å². The SMILES string of the molecule is Cc1ccc(C(C)NCCCCC(=O)O)cc1. The highest BCUT2D eigenvalue weighted by atomic mass is 16.4. The van der Waals surface area contributed by atoms with E-state index in [9.17, 15) is 4.79 Å². The van der Waals surface area contributed by atoms with Crippen LogP contribution < -0.4 is 5.32 Å². The molecule has 1 unspecified atom stereocenters. The largest absolute Gasteiger partial charge is 0.481 e. The third-order valence-electron chi connectivity index (χ3n) is 2.85. The minimum atomic E-state index is -0.711. The van der Waals surface area contributed by atoms with Crippen LogP contribution >= 0.6 is 0 Å². The van der Waals surface area contributed by atoms with Crippen molar-refractivity contribution in [1.82, 2.24) is 5.32 Å². The van der Waals surface area contributed by atoms with Crippen molar-refractivity contribution in [3.8, 4) is 0 Å². The third-order valence-corrected chi connectivity index (χ3v) is 2.85. The standard InChI is InChI=1S/C14H21NO2/c1-11-6-8-13(9-7-11)12(2)15-10-4-3-5-14(16)17/h6-9,12,15H,3-5,10H2,1-2H3,(H,16,17). The lowest BCUT2D eigenvalue weighted by molar-refractivity contribution is -0.137. The fourth-order valence-corrected chi connectivity index (χ4v) is 1.69. The number of aliphatic carboxylic acids is 1. The average Bonchev–Trinajstić information content (AvgIpc) is 2.29. The van der Waals surface area contributed by atoms with E-state index in [4.69, 9.17) is 5.11 Å². The molecular formula is C14H21NO2. The van der Waals surface area contributed by atoms with Crippen LogP contribution in [-0.2, 0) is 4.79 Å². The Balaban J connectivity index is 2.23. The summed E-state index contributed by atoms with van der Waals surface area (Å²) in [6.45, 7) is 5.07. The fourth-order valence-electron chi connectivity index (χ4n) is 1.69. The van der Waals surface area contributed by atoms with Crippen molar-refractivity contribution in [3.63, 3.8) is 0 Å². The number of hydrogen-bond acceptors (Lipinski definition) is 2. The van der Waals surface area contributed by atoms with E-state index in [-0.39, 0.29) is 6.42 Å². The Morgan fingerprint density at radius 2 is 1.94 bits per heavy atom. The summed E-state index contributed by atoms with van der Waals surface area (Å²) in [6, 6.07) is 8.80. The minimum Gasteiger partial charge on any atom is -0.481 e. The molecule has 0 aliphatic rings. The zero-order chi connectivity index (χ0) is 12.7. The molecule has 0 fully saturated rings. The molecule has 0 heterocycles. The number of nitrogens with one attached hydrogen (secondary N) is 1. The lowest BCUT2D eigenvalue weighted by atomic mass is 10.1. The van der Waals surface area contributed by atoms with Crippen molar-refractivity contribution in [2.75, 3.05) is 6.54 Å². The van der Waals surface area contributed by atoms with Gasteiger partial charge in [0.05, 0.1) is 0 Å². The number of unbranched alkanes of at least 4 members (excludes halogenated alkanes) is 1. The molecule has 94 valence electrons. The fraction of sp³-hybridized carbons (Fsp3) is 0.500. The molecule has 0 amide bonds. The summed E-state index contributed by atoms with van der Waals surface area (Å²) in [5.74, 6) is -0.711. The van der Waals surface area contributed by atoms with E-state index >= 15 is 0 Å². The van der Waals surface area contributed by atoms with Crippen LogP contribution in [0.15, 0.2) is 24.3 Å². The molecule has 0 aliphatic carbocycles. The second-order valence-corrected chi connectivity index (χ2v) is 4.44. The van der Waals surface area contributed by atoms with Gasteiger partial charge in [0.1, 0.15) is 0 Å². The van der Waals surface area contributed by atoms with Crippen molar-refractivity contribution < 1.29 is 9.90 Å². The first-order valence-corrected chi connectivity index (χ1v) is 6.11. The molecule has 0 aliphatic heterocycles. The highest BCUT2D eigenvalue weighted by molar-refractivity contribution is 5.66. The van der Waals surface area contributed by atoms with Gasteiger partial charge in [0.25, 0.3) is 0 Å². The topological polar surface area (TPSA) is 49.3 Å². The van der Waals surface area contributed by atoms with Crippen molar-refractivity contribution >= 4 is 5.97 Å². The van der Waals surface area contributed by atoms with Crippen LogP contribution in [0, 0.1) is 6.92 Å². The van der Waals surface area contributed by atoms with Crippen LogP contribution in [0.2, 0.25) is 0 Å². The van der Waals surface area contributed by atoms with Gasteiger partial charge in [0.15, 0.2) is 0 Å². The molecular weight excluding hydrogens is 214 g/mol. The number of carboxylic acid groups (broad SMARTS) is 1. The molecule has 0 bridgehead atoms. The highest BCUT2D eigenvalue weighted by Crippen LogP contribution is 2.12. The first-order chi connectivity index (χ1) is 8.09. The molecule has 0 spiro atoms. The van der Waals surface area contributed by atoms with Gasteiger partial charge in [-0.3, -0.25) is 4.79 Å². The zero-order valence-corrected chi connectivity index (χ0v) is 10.6. The summed E-state index contributed by atoms with van der Waals surface area (Å²) in [6.07, 6.45) is 1.91. The van der Waals surface area contributed by atoms with E-state index in [1.165, 1.54) is 11.1 Å². The average molecular weight is 235 g/mol. The molecule has 0 radical (unpaired) electrons. The number of carbonyl (C=O) groups is 1. The van der Waals surface area contributed by atoms with Crippen molar-refractivity contribution in [3.05, 3.63) is 35.4 Å². The van der Waals surface area contributed by atoms with E-state index in [2.05, 4.69) is 43.4 Å². The number of hydrogen-bond donors (Lipinski definition) is 2. The van der Waals surface area contributed by atoms with Gasteiger partial charge in [0, 0.05) is 12.5 Å². The first kappa shape index (κ1) is 13.7. The summed E-state index contributed by atoms with van der Waals surface area (Å²) >= 11 is 0. The van der Waals surface area contributed by atoms with Gasteiger partial charge < -0.3 is 10.4 Å². The van der Waals surface area contributed by atoms with Crippen LogP contribution in [0.5, 0.6) is 0 Å². The van der Waals surface area contributed by atoms with Crippen LogP contribution in [0.1, 0.15) is 43.4 Å². The van der Waals surface area contributed by atoms with E-state index in [0.29, 0.717) is 6.04 Å². The quantitative estimate of drug-likeness (QED) is 0.714. The van der Waals surface area contributed by atoms with Crippen molar-refractivity contribution in [2.24, 2.45) is 0 Å². The predicted molar refractivity (Wildman–Crippen MR) is 69.1 cm³/mol. The maximum Gasteiger partial charge on any atom is 0.303 e. The van der Waals surface area contributed by atoms with Gasteiger partial charge in [-0.15, -0.1) is 0 Å². The summed E-state index contributed by atoms with van der Waals surface area (Å²) in [5, 5.41) is 11.9. The van der Waals surface area contributed by atoms with E-state index in [0.717, 1.165) is 19.4 Å². The van der Waals surface area contributed by atoms with Crippen molar-refractivity contribution in [2.45, 2.75) is 39.2 Å². The van der Waals surface area contributed by atoms with E-state index in [1.54, 1.807) is 0 Å².